The molecule has 0 aliphatic heterocycles. The van der Waals surface area contributed by atoms with Gasteiger partial charge in [-0.2, -0.15) is 0 Å². The van der Waals surface area contributed by atoms with Gasteiger partial charge in [0.15, 0.2) is 11.6 Å². The molecule has 0 spiro atoms. The van der Waals surface area contributed by atoms with Crippen molar-refractivity contribution in [3.05, 3.63) is 96.1 Å². The summed E-state index contributed by atoms with van der Waals surface area (Å²) in [6, 6.07) is 28.1. The van der Waals surface area contributed by atoms with Crippen LogP contribution < -0.4 is 11.7 Å². The normalized spacial score (nSPS) is 11.1. The first-order valence-electron chi connectivity index (χ1n) is 10.5. The highest BCUT2D eigenvalue weighted by atomic mass is 32.2. The van der Waals surface area contributed by atoms with Gasteiger partial charge in [-0.05, 0) is 11.1 Å². The van der Waals surface area contributed by atoms with Gasteiger partial charge in [-0.15, -0.1) is 20.4 Å². The minimum absolute atomic E-state index is 0.652. The Bertz CT molecular complexity index is 1260. The molecule has 0 amide bonds. The van der Waals surface area contributed by atoms with Crippen molar-refractivity contribution in [3.63, 3.8) is 0 Å². The molecule has 0 atom stereocenters. The Balaban J connectivity index is 1.18. The third kappa shape index (κ3) is 4.78. The topological polar surface area (TPSA) is 113 Å². The van der Waals surface area contributed by atoms with Gasteiger partial charge in [0.1, 0.15) is 0 Å². The zero-order valence-corrected chi connectivity index (χ0v) is 19.8. The second kappa shape index (κ2) is 10.0. The summed E-state index contributed by atoms with van der Waals surface area (Å²) < 4.78 is 3.08. The average Bonchev–Trinajstić information content (AvgIpc) is 3.45. The SMILES string of the molecule is Nn1c(SCc2ccc(CSc3nnc(-c4ccccc4)n3N)cc2)nnc1-c1ccccc1. The van der Waals surface area contributed by atoms with E-state index < -0.39 is 0 Å². The van der Waals surface area contributed by atoms with Crippen LogP contribution in [0.2, 0.25) is 0 Å². The van der Waals surface area contributed by atoms with Gasteiger partial charge in [-0.25, -0.2) is 9.35 Å². The standard InChI is InChI=1S/C24H22N8S2/c25-31-21(19-7-3-1-4-8-19)27-29-23(31)33-15-17-11-13-18(14-12-17)16-34-24-30-28-22(32(24)26)20-9-5-2-6-10-20/h1-14H,15-16,25-26H2. The molecule has 0 saturated heterocycles. The molecule has 0 unspecified atom stereocenters. The monoisotopic (exact) mass is 486 g/mol. The fraction of sp³-hybridized carbons (Fsp3) is 0.0833. The van der Waals surface area contributed by atoms with E-state index in [0.717, 1.165) is 22.6 Å². The number of benzene rings is 3. The lowest BCUT2D eigenvalue weighted by Gasteiger charge is -2.06. The quantitative estimate of drug-likeness (QED) is 0.248. The lowest BCUT2D eigenvalue weighted by molar-refractivity contribution is 0.849. The Hall–Kier alpha value is -3.76. The van der Waals surface area contributed by atoms with Gasteiger partial charge in [0, 0.05) is 22.6 Å². The first-order chi connectivity index (χ1) is 16.7. The first-order valence-corrected chi connectivity index (χ1v) is 12.5. The summed E-state index contributed by atoms with van der Waals surface area (Å²) in [5, 5.41) is 18.3. The van der Waals surface area contributed by atoms with Crippen LogP contribution in [0.4, 0.5) is 0 Å². The summed E-state index contributed by atoms with van der Waals surface area (Å²) in [6.45, 7) is 0. The zero-order chi connectivity index (χ0) is 23.3. The molecule has 8 nitrogen and oxygen atoms in total. The number of nitrogen functional groups attached to an aromatic ring is 2. The molecule has 2 heterocycles. The third-order valence-corrected chi connectivity index (χ3v) is 7.18. The van der Waals surface area contributed by atoms with E-state index in [0.29, 0.717) is 22.0 Å². The van der Waals surface area contributed by atoms with Crippen LogP contribution in [-0.2, 0) is 11.5 Å². The molecule has 0 fully saturated rings. The highest BCUT2D eigenvalue weighted by molar-refractivity contribution is 7.98. The molecule has 5 rings (SSSR count). The number of thioether (sulfide) groups is 2. The van der Waals surface area contributed by atoms with Crippen LogP contribution in [0.25, 0.3) is 22.8 Å². The van der Waals surface area contributed by atoms with Crippen molar-refractivity contribution in [2.45, 2.75) is 21.8 Å². The van der Waals surface area contributed by atoms with Crippen molar-refractivity contribution in [2.75, 3.05) is 11.7 Å². The van der Waals surface area contributed by atoms with Gasteiger partial charge >= 0.3 is 0 Å². The van der Waals surface area contributed by atoms with Crippen molar-refractivity contribution in [1.29, 1.82) is 0 Å². The molecule has 5 aromatic rings. The Kier molecular flexibility index (Phi) is 6.50. The van der Waals surface area contributed by atoms with Crippen molar-refractivity contribution in [1.82, 2.24) is 29.7 Å². The Morgan fingerprint density at radius 2 is 0.912 bits per heavy atom. The predicted molar refractivity (Wildman–Crippen MR) is 137 cm³/mol. The maximum Gasteiger partial charge on any atom is 0.210 e. The smallest absolute Gasteiger partial charge is 0.210 e. The highest BCUT2D eigenvalue weighted by Gasteiger charge is 2.13. The zero-order valence-electron chi connectivity index (χ0n) is 18.2. The van der Waals surface area contributed by atoms with Crippen LogP contribution in [0.1, 0.15) is 11.1 Å². The van der Waals surface area contributed by atoms with Crippen molar-refractivity contribution in [3.8, 4) is 22.8 Å². The van der Waals surface area contributed by atoms with Crippen LogP contribution in [0.5, 0.6) is 0 Å². The molecule has 0 saturated carbocycles. The van der Waals surface area contributed by atoms with Crippen LogP contribution >= 0.6 is 23.5 Å². The molecular formula is C24H22N8S2. The first kappa shape index (κ1) is 22.1. The van der Waals surface area contributed by atoms with Gasteiger partial charge in [-0.1, -0.05) is 108 Å². The molecule has 0 radical (unpaired) electrons. The van der Waals surface area contributed by atoms with E-state index in [1.165, 1.54) is 20.5 Å². The number of aromatic nitrogens is 6. The third-order valence-electron chi connectivity index (χ3n) is 5.15. The van der Waals surface area contributed by atoms with Gasteiger partial charge in [0.2, 0.25) is 10.3 Å². The lowest BCUT2D eigenvalue weighted by atomic mass is 10.2. The van der Waals surface area contributed by atoms with E-state index >= 15 is 0 Å². The van der Waals surface area contributed by atoms with Crippen molar-refractivity contribution >= 4 is 23.5 Å². The molecular weight excluding hydrogens is 464 g/mol. The van der Waals surface area contributed by atoms with Crippen molar-refractivity contribution in [2.24, 2.45) is 0 Å². The Labute approximate surface area is 205 Å². The summed E-state index contributed by atoms with van der Waals surface area (Å²) in [7, 11) is 0. The highest BCUT2D eigenvalue weighted by Crippen LogP contribution is 2.26. The van der Waals surface area contributed by atoms with E-state index in [4.69, 9.17) is 11.7 Å². The van der Waals surface area contributed by atoms with Crippen LogP contribution in [0.15, 0.2) is 95.2 Å². The van der Waals surface area contributed by atoms with E-state index in [1.807, 2.05) is 60.7 Å². The molecule has 34 heavy (non-hydrogen) atoms. The Morgan fingerprint density at radius 3 is 1.29 bits per heavy atom. The van der Waals surface area contributed by atoms with Crippen LogP contribution in [-0.4, -0.2) is 29.7 Å². The van der Waals surface area contributed by atoms with Gasteiger partial charge in [0.05, 0.1) is 0 Å². The number of hydrogen-bond acceptors (Lipinski definition) is 8. The van der Waals surface area contributed by atoms with Gasteiger partial charge in [0.25, 0.3) is 0 Å². The van der Waals surface area contributed by atoms with E-state index in [-0.39, 0.29) is 0 Å². The molecule has 3 aromatic carbocycles. The number of rotatable bonds is 8. The largest absolute Gasteiger partial charge is 0.335 e. The minimum atomic E-state index is 0.652. The fourth-order valence-corrected chi connectivity index (χ4v) is 4.97. The molecule has 10 heteroatoms. The maximum atomic E-state index is 6.21. The van der Waals surface area contributed by atoms with Crippen molar-refractivity contribution < 1.29 is 0 Å². The summed E-state index contributed by atoms with van der Waals surface area (Å²) in [6.07, 6.45) is 0. The van der Waals surface area contributed by atoms with E-state index in [9.17, 15) is 0 Å². The molecule has 0 aliphatic rings. The van der Waals surface area contributed by atoms with Crippen LogP contribution in [0.3, 0.4) is 0 Å². The fourth-order valence-electron chi connectivity index (χ4n) is 3.35. The maximum absolute atomic E-state index is 6.21. The summed E-state index contributed by atoms with van der Waals surface area (Å²) in [5.74, 6) is 15.2. The lowest BCUT2D eigenvalue weighted by Crippen LogP contribution is -2.11. The molecule has 0 aliphatic carbocycles. The molecule has 4 N–H and O–H groups in total. The van der Waals surface area contributed by atoms with Gasteiger partial charge in [-0.3, -0.25) is 0 Å². The van der Waals surface area contributed by atoms with E-state index in [1.54, 1.807) is 23.5 Å². The number of hydrogen-bond donors (Lipinski definition) is 2. The molecule has 2 aromatic heterocycles. The van der Waals surface area contributed by atoms with Crippen LogP contribution in [0, 0.1) is 0 Å². The second-order valence-electron chi connectivity index (χ2n) is 7.48. The average molecular weight is 487 g/mol. The summed E-state index contributed by atoms with van der Waals surface area (Å²) in [5.41, 5.74) is 4.23. The summed E-state index contributed by atoms with van der Waals surface area (Å²) in [4.78, 5) is 0. The Morgan fingerprint density at radius 1 is 0.529 bits per heavy atom. The van der Waals surface area contributed by atoms with Gasteiger partial charge < -0.3 is 11.7 Å². The van der Waals surface area contributed by atoms with E-state index in [2.05, 4.69) is 44.7 Å². The molecule has 0 bridgehead atoms. The summed E-state index contributed by atoms with van der Waals surface area (Å²) >= 11 is 3.11. The predicted octanol–water partition coefficient (Wildman–Crippen LogP) is 4.22. The number of nitrogens with zero attached hydrogens (tertiary/aromatic N) is 6. The molecule has 170 valence electrons. The second-order valence-corrected chi connectivity index (χ2v) is 9.36. The number of nitrogens with two attached hydrogens (primary N) is 2. The minimum Gasteiger partial charge on any atom is -0.335 e.